The van der Waals surface area contributed by atoms with E-state index >= 15 is 0 Å². The molecule has 0 bridgehead atoms. The fourth-order valence-electron chi connectivity index (χ4n) is 6.61. The number of hydrogen-bond acceptors (Lipinski definition) is 9. The number of nitrogens with zero attached hydrogens (tertiary/aromatic N) is 4. The molecule has 2 aliphatic heterocycles. The fraction of sp³-hybridized carbons (Fsp3) is 0.559. The van der Waals surface area contributed by atoms with E-state index in [1.165, 1.54) is 18.9 Å². The number of nitrogens with two attached hydrogens (primary N) is 1. The molecule has 3 aromatic rings. The molecular weight excluding hydrogens is 656 g/mol. The van der Waals surface area contributed by atoms with E-state index in [2.05, 4.69) is 14.9 Å². The molecule has 1 spiro atoms. The number of pyridine rings is 1. The van der Waals surface area contributed by atoms with Gasteiger partial charge in [-0.2, -0.15) is 0 Å². The summed E-state index contributed by atoms with van der Waals surface area (Å²) in [6, 6.07) is 7.57. The molecule has 1 saturated carbocycles. The van der Waals surface area contributed by atoms with Gasteiger partial charge in [0.05, 0.1) is 22.5 Å². The van der Waals surface area contributed by atoms with E-state index in [-0.39, 0.29) is 50.0 Å². The Morgan fingerprint density at radius 2 is 1.67 bits per heavy atom. The quantitative estimate of drug-likeness (QED) is 0.242. The Labute approximate surface area is 285 Å². The van der Waals surface area contributed by atoms with E-state index in [0.29, 0.717) is 22.5 Å². The Bertz CT molecular complexity index is 1820. The Morgan fingerprint density at radius 3 is 2.33 bits per heavy atom. The summed E-state index contributed by atoms with van der Waals surface area (Å²) in [6.07, 6.45) is 5.69. The number of fused-ring (bicyclic) bond motifs is 1. The van der Waals surface area contributed by atoms with Crippen LogP contribution in [0.2, 0.25) is 0 Å². The smallest absolute Gasteiger partial charge is 0.323 e. The number of anilines is 4. The number of amides is 1. The number of esters is 1. The molecule has 49 heavy (non-hydrogen) atoms. The molecule has 0 unspecified atom stereocenters. The van der Waals surface area contributed by atoms with Crippen molar-refractivity contribution in [3.05, 3.63) is 42.1 Å². The Balaban J connectivity index is 1.23. The van der Waals surface area contributed by atoms with Crippen LogP contribution in [0.25, 0.3) is 10.9 Å². The van der Waals surface area contributed by atoms with E-state index in [1.54, 1.807) is 32.0 Å². The van der Waals surface area contributed by atoms with Crippen LogP contribution in [0.4, 0.5) is 31.8 Å². The maximum atomic E-state index is 14.0. The van der Waals surface area contributed by atoms with E-state index in [4.69, 9.17) is 15.5 Å². The number of alkyl halides is 2. The molecular formula is C34H45F2N7O5S. The monoisotopic (exact) mass is 701 g/mol. The van der Waals surface area contributed by atoms with Crippen LogP contribution in [0.15, 0.2) is 36.5 Å². The van der Waals surface area contributed by atoms with Crippen LogP contribution in [-0.4, -0.2) is 80.3 Å². The van der Waals surface area contributed by atoms with Crippen molar-refractivity contribution in [3.63, 3.8) is 0 Å². The summed E-state index contributed by atoms with van der Waals surface area (Å²) < 4.78 is 63.4. The number of nitrogens with one attached hydrogen (secondary N) is 2. The summed E-state index contributed by atoms with van der Waals surface area (Å²) in [6.45, 7) is 4.93. The second-order valence-electron chi connectivity index (χ2n) is 14.1. The Morgan fingerprint density at radius 1 is 1.00 bits per heavy atom. The van der Waals surface area contributed by atoms with E-state index < -0.39 is 39.6 Å². The topological polar surface area (TPSA) is 152 Å². The van der Waals surface area contributed by atoms with Gasteiger partial charge >= 0.3 is 5.97 Å². The van der Waals surface area contributed by atoms with Crippen LogP contribution in [0, 0.1) is 11.3 Å². The summed E-state index contributed by atoms with van der Waals surface area (Å²) >= 11 is 0. The average molecular weight is 702 g/mol. The summed E-state index contributed by atoms with van der Waals surface area (Å²) in [5.41, 5.74) is 8.17. The molecule has 6 rings (SSSR count). The third kappa shape index (κ3) is 7.93. The lowest BCUT2D eigenvalue weighted by Gasteiger charge is -2.35. The lowest BCUT2D eigenvalue weighted by Crippen LogP contribution is -2.40. The Kier molecular flexibility index (Phi) is 9.52. The molecule has 3 aliphatic rings. The van der Waals surface area contributed by atoms with Crippen LogP contribution in [-0.2, 0) is 26.6 Å². The van der Waals surface area contributed by atoms with Gasteiger partial charge in [-0.05, 0) is 67.3 Å². The summed E-state index contributed by atoms with van der Waals surface area (Å²) in [4.78, 5) is 34.7. The van der Waals surface area contributed by atoms with E-state index in [0.717, 1.165) is 36.8 Å². The number of benzene rings is 1. The molecule has 12 nitrogen and oxygen atoms in total. The SMILES string of the molecule is CC(C)[C@H](N)C(=O)OCCS(=O)(=O)Nc1ccc(C(=O)Nc2cc3ccn(C)c3c(N3CCC(F)(F)CC3)n2)c(N2CCC3(CC2)CC3)c1. The minimum atomic E-state index is -3.91. The average Bonchev–Trinajstić information content (AvgIpc) is 3.70. The molecule has 1 aliphatic carbocycles. The third-order valence-corrected chi connectivity index (χ3v) is 11.3. The molecule has 2 saturated heterocycles. The largest absolute Gasteiger partial charge is 0.463 e. The van der Waals surface area contributed by atoms with Crippen LogP contribution in [0.1, 0.15) is 62.7 Å². The highest BCUT2D eigenvalue weighted by atomic mass is 32.2. The first-order valence-electron chi connectivity index (χ1n) is 16.9. The number of carbonyl (C=O) groups excluding carboxylic acids is 2. The first kappa shape index (κ1) is 34.9. The summed E-state index contributed by atoms with van der Waals surface area (Å²) in [5.74, 6) is -3.59. The van der Waals surface area contributed by atoms with Crippen LogP contribution in [0.5, 0.6) is 0 Å². The zero-order valence-corrected chi connectivity index (χ0v) is 29.0. The van der Waals surface area contributed by atoms with Crippen molar-refractivity contribution in [1.29, 1.82) is 0 Å². The maximum Gasteiger partial charge on any atom is 0.323 e. The first-order valence-corrected chi connectivity index (χ1v) is 18.5. The molecule has 15 heteroatoms. The number of hydrogen-bond donors (Lipinski definition) is 3. The van der Waals surface area contributed by atoms with Crippen molar-refractivity contribution < 1.29 is 31.5 Å². The van der Waals surface area contributed by atoms with Gasteiger partial charge in [-0.15, -0.1) is 0 Å². The van der Waals surface area contributed by atoms with Crippen molar-refractivity contribution in [3.8, 4) is 0 Å². The fourth-order valence-corrected chi connectivity index (χ4v) is 7.50. The number of rotatable bonds is 11. The molecule has 3 fully saturated rings. The standard InChI is InChI=1S/C34H45F2N7O5S/c1-22(2)28(37)32(45)48-18-19-49(46,47)40-24-4-5-25(26(21-24)42-14-9-33(7-8-33)10-15-42)31(44)39-27-20-23-6-13-41(3)29(23)30(38-27)43-16-11-34(35,36)12-17-43/h4-6,13,20-22,28,40H,7-12,14-19,37H2,1-3H3,(H,38,39,44)/t28-/m0/s1. The minimum Gasteiger partial charge on any atom is -0.463 e. The number of halogens is 2. The zero-order chi connectivity index (χ0) is 35.1. The van der Waals surface area contributed by atoms with Crippen LogP contribution >= 0.6 is 0 Å². The van der Waals surface area contributed by atoms with Crippen molar-refractivity contribution in [1.82, 2.24) is 9.55 Å². The normalized spacial score (nSPS) is 19.2. The predicted molar refractivity (Wildman–Crippen MR) is 186 cm³/mol. The highest BCUT2D eigenvalue weighted by Crippen LogP contribution is 2.54. The molecule has 1 aromatic carbocycles. The Hall–Kier alpha value is -3.98. The van der Waals surface area contributed by atoms with Crippen molar-refractivity contribution in [2.24, 2.45) is 24.1 Å². The minimum absolute atomic E-state index is 0.142. The van der Waals surface area contributed by atoms with Gasteiger partial charge in [0, 0.05) is 57.7 Å². The van der Waals surface area contributed by atoms with Crippen LogP contribution in [0.3, 0.4) is 0 Å². The van der Waals surface area contributed by atoms with E-state index in [9.17, 15) is 26.8 Å². The highest BCUT2D eigenvalue weighted by molar-refractivity contribution is 7.92. The molecule has 2 aromatic heterocycles. The molecule has 0 radical (unpaired) electrons. The van der Waals surface area contributed by atoms with Crippen molar-refractivity contribution in [2.45, 2.75) is 64.3 Å². The lowest BCUT2D eigenvalue weighted by atomic mass is 9.93. The van der Waals surface area contributed by atoms with Crippen molar-refractivity contribution >= 4 is 55.8 Å². The van der Waals surface area contributed by atoms with Gasteiger partial charge < -0.3 is 30.2 Å². The van der Waals surface area contributed by atoms with Gasteiger partial charge in [0.15, 0.2) is 5.82 Å². The second kappa shape index (κ2) is 13.4. The number of piperidine rings is 2. The summed E-state index contributed by atoms with van der Waals surface area (Å²) in [7, 11) is -2.04. The van der Waals surface area contributed by atoms with Gasteiger partial charge in [0.1, 0.15) is 24.2 Å². The molecule has 266 valence electrons. The lowest BCUT2D eigenvalue weighted by molar-refractivity contribution is -0.145. The highest BCUT2D eigenvalue weighted by Gasteiger charge is 2.44. The van der Waals surface area contributed by atoms with Gasteiger partial charge in [-0.1, -0.05) is 13.8 Å². The van der Waals surface area contributed by atoms with Gasteiger partial charge in [-0.3, -0.25) is 14.3 Å². The number of aryl methyl sites for hydroxylation is 1. The molecule has 4 heterocycles. The molecule has 1 amide bonds. The molecule has 1 atom stereocenters. The maximum absolute atomic E-state index is 14.0. The van der Waals surface area contributed by atoms with Gasteiger partial charge in [0.2, 0.25) is 10.0 Å². The first-order chi connectivity index (χ1) is 23.1. The van der Waals surface area contributed by atoms with Gasteiger partial charge in [0.25, 0.3) is 11.8 Å². The predicted octanol–water partition coefficient (Wildman–Crippen LogP) is 4.71. The number of aromatic nitrogens is 2. The number of ether oxygens (including phenoxy) is 1. The zero-order valence-electron chi connectivity index (χ0n) is 28.2. The summed E-state index contributed by atoms with van der Waals surface area (Å²) in [5, 5.41) is 3.74. The number of carbonyl (C=O) groups is 2. The molecule has 4 N–H and O–H groups in total. The van der Waals surface area contributed by atoms with Crippen LogP contribution < -0.4 is 25.6 Å². The third-order valence-electron chi connectivity index (χ3n) is 10.1. The van der Waals surface area contributed by atoms with Crippen molar-refractivity contribution in [2.75, 3.05) is 58.4 Å². The van der Waals surface area contributed by atoms with Gasteiger partial charge in [-0.25, -0.2) is 22.2 Å². The number of sulfonamides is 1. The van der Waals surface area contributed by atoms with E-state index in [1.807, 2.05) is 28.8 Å². The second-order valence-corrected chi connectivity index (χ2v) is 15.9.